The largest absolute Gasteiger partial charge is 0.487 e. The van der Waals surface area contributed by atoms with Crippen LogP contribution in [0.3, 0.4) is 0 Å². The van der Waals surface area contributed by atoms with Crippen molar-refractivity contribution in [1.29, 1.82) is 0 Å². The minimum absolute atomic E-state index is 0.183. The van der Waals surface area contributed by atoms with Gasteiger partial charge in [-0.25, -0.2) is 4.98 Å². The number of aromatic nitrogens is 1. The van der Waals surface area contributed by atoms with Gasteiger partial charge >= 0.3 is 0 Å². The molecule has 2 rings (SSSR count). The maximum Gasteiger partial charge on any atom is 0.168 e. The van der Waals surface area contributed by atoms with Gasteiger partial charge < -0.3 is 10.1 Å². The van der Waals surface area contributed by atoms with Gasteiger partial charge in [0.25, 0.3) is 0 Å². The summed E-state index contributed by atoms with van der Waals surface area (Å²) in [6.07, 6.45) is 10.3. The average Bonchev–Trinajstić information content (AvgIpc) is 2.41. The lowest BCUT2D eigenvalue weighted by Gasteiger charge is -2.22. The molecule has 0 atom stereocenters. The monoisotopic (exact) mass is 262 g/mol. The molecule has 0 aromatic carbocycles. The van der Waals surface area contributed by atoms with Crippen LogP contribution in [-0.2, 0) is 0 Å². The molecule has 3 heteroatoms. The van der Waals surface area contributed by atoms with Gasteiger partial charge in [0, 0.05) is 12.7 Å². The van der Waals surface area contributed by atoms with E-state index >= 15 is 0 Å². The molecule has 106 valence electrons. The summed E-state index contributed by atoms with van der Waals surface area (Å²) in [4.78, 5) is 4.38. The lowest BCUT2D eigenvalue weighted by Crippen LogP contribution is -2.14. The molecule has 19 heavy (non-hydrogen) atoms. The Morgan fingerprint density at radius 1 is 1.32 bits per heavy atom. The van der Waals surface area contributed by atoms with E-state index in [0.29, 0.717) is 0 Å². The van der Waals surface area contributed by atoms with Crippen molar-refractivity contribution in [1.82, 2.24) is 4.98 Å². The first-order valence-corrected chi connectivity index (χ1v) is 7.61. The van der Waals surface area contributed by atoms with Gasteiger partial charge in [-0.1, -0.05) is 32.1 Å². The van der Waals surface area contributed by atoms with Crippen molar-refractivity contribution < 1.29 is 4.74 Å². The molecule has 0 aliphatic heterocycles. The predicted molar refractivity (Wildman–Crippen MR) is 79.7 cm³/mol. The van der Waals surface area contributed by atoms with Crippen molar-refractivity contribution in [3.05, 3.63) is 18.3 Å². The number of anilines is 1. The van der Waals surface area contributed by atoms with Crippen molar-refractivity contribution in [2.75, 3.05) is 11.9 Å². The van der Waals surface area contributed by atoms with Gasteiger partial charge in [-0.15, -0.1) is 0 Å². The topological polar surface area (TPSA) is 34.1 Å². The van der Waals surface area contributed by atoms with Gasteiger partial charge in [-0.05, 0) is 38.3 Å². The molecule has 0 saturated heterocycles. The fourth-order valence-corrected chi connectivity index (χ4v) is 2.74. The SMILES string of the molecule is CC(C)Oc1cccnc1NCCC1CCCCC1. The highest BCUT2D eigenvalue weighted by atomic mass is 16.5. The smallest absolute Gasteiger partial charge is 0.168 e. The summed E-state index contributed by atoms with van der Waals surface area (Å²) in [6, 6.07) is 3.90. The standard InChI is InChI=1S/C16H26N2O/c1-13(2)19-15-9-6-11-17-16(15)18-12-10-14-7-4-3-5-8-14/h6,9,11,13-14H,3-5,7-8,10,12H2,1-2H3,(H,17,18). The van der Waals surface area contributed by atoms with Gasteiger partial charge in [0.05, 0.1) is 6.10 Å². The van der Waals surface area contributed by atoms with Gasteiger partial charge in [-0.3, -0.25) is 0 Å². The van der Waals surface area contributed by atoms with Crippen LogP contribution in [0, 0.1) is 5.92 Å². The summed E-state index contributed by atoms with van der Waals surface area (Å²) in [5.74, 6) is 2.65. The summed E-state index contributed by atoms with van der Waals surface area (Å²) in [6.45, 7) is 5.08. The normalized spacial score (nSPS) is 16.6. The Bertz CT molecular complexity index is 373. The Kier molecular flexibility index (Phi) is 5.49. The van der Waals surface area contributed by atoms with Crippen LogP contribution >= 0.6 is 0 Å². The van der Waals surface area contributed by atoms with Crippen LogP contribution in [0.2, 0.25) is 0 Å². The number of pyridine rings is 1. The average molecular weight is 262 g/mol. The van der Waals surface area contributed by atoms with Crippen LogP contribution < -0.4 is 10.1 Å². The maximum atomic E-state index is 5.76. The number of hydrogen-bond donors (Lipinski definition) is 1. The molecule has 1 fully saturated rings. The minimum atomic E-state index is 0.183. The lowest BCUT2D eigenvalue weighted by atomic mass is 9.87. The molecule has 3 nitrogen and oxygen atoms in total. The van der Waals surface area contributed by atoms with Crippen molar-refractivity contribution in [2.45, 2.75) is 58.5 Å². The molecule has 0 amide bonds. The molecule has 1 heterocycles. The zero-order valence-electron chi connectivity index (χ0n) is 12.2. The van der Waals surface area contributed by atoms with Crippen molar-refractivity contribution in [3.8, 4) is 5.75 Å². The highest BCUT2D eigenvalue weighted by Gasteiger charge is 2.13. The van der Waals surface area contributed by atoms with Gasteiger partial charge in [0.1, 0.15) is 0 Å². The fraction of sp³-hybridized carbons (Fsp3) is 0.688. The zero-order valence-corrected chi connectivity index (χ0v) is 12.2. The van der Waals surface area contributed by atoms with Gasteiger partial charge in [0.2, 0.25) is 0 Å². The van der Waals surface area contributed by atoms with Gasteiger partial charge in [-0.2, -0.15) is 0 Å². The van der Waals surface area contributed by atoms with Crippen molar-refractivity contribution in [3.63, 3.8) is 0 Å². The third-order valence-corrected chi connectivity index (χ3v) is 3.70. The third kappa shape index (κ3) is 4.73. The van der Waals surface area contributed by atoms with Crippen molar-refractivity contribution in [2.24, 2.45) is 5.92 Å². The Morgan fingerprint density at radius 3 is 2.84 bits per heavy atom. The van der Waals surface area contributed by atoms with Crippen LogP contribution in [-0.4, -0.2) is 17.6 Å². The Balaban J connectivity index is 1.81. The van der Waals surface area contributed by atoms with E-state index in [-0.39, 0.29) is 6.10 Å². The Morgan fingerprint density at radius 2 is 2.11 bits per heavy atom. The van der Waals surface area contributed by atoms with Crippen LogP contribution in [0.1, 0.15) is 52.4 Å². The molecule has 0 bridgehead atoms. The van der Waals surface area contributed by atoms with E-state index in [4.69, 9.17) is 4.74 Å². The number of hydrogen-bond acceptors (Lipinski definition) is 3. The summed E-state index contributed by atoms with van der Waals surface area (Å²) in [5.41, 5.74) is 0. The minimum Gasteiger partial charge on any atom is -0.487 e. The second-order valence-corrected chi connectivity index (χ2v) is 5.74. The summed E-state index contributed by atoms with van der Waals surface area (Å²) in [7, 11) is 0. The first-order chi connectivity index (χ1) is 9.25. The first kappa shape index (κ1) is 14.2. The molecule has 1 saturated carbocycles. The number of ether oxygens (including phenoxy) is 1. The van der Waals surface area contributed by atoms with Crippen LogP contribution in [0.4, 0.5) is 5.82 Å². The summed E-state index contributed by atoms with van der Waals surface area (Å²) >= 11 is 0. The third-order valence-electron chi connectivity index (χ3n) is 3.70. The predicted octanol–water partition coefficient (Wildman–Crippen LogP) is 4.25. The van der Waals surface area contributed by atoms with E-state index in [1.165, 1.54) is 38.5 Å². The molecule has 1 aliphatic rings. The number of nitrogens with zero attached hydrogens (tertiary/aromatic N) is 1. The Labute approximate surface area is 116 Å². The zero-order chi connectivity index (χ0) is 13.5. The maximum absolute atomic E-state index is 5.76. The Hall–Kier alpha value is -1.25. The fourth-order valence-electron chi connectivity index (χ4n) is 2.74. The van der Waals surface area contributed by atoms with E-state index in [0.717, 1.165) is 24.0 Å². The summed E-state index contributed by atoms with van der Waals surface area (Å²) in [5, 5.41) is 3.43. The molecule has 1 N–H and O–H groups in total. The van der Waals surface area contributed by atoms with E-state index < -0.39 is 0 Å². The quantitative estimate of drug-likeness (QED) is 0.832. The lowest BCUT2D eigenvalue weighted by molar-refractivity contribution is 0.243. The number of rotatable bonds is 6. The second kappa shape index (κ2) is 7.37. The van der Waals surface area contributed by atoms with Crippen LogP contribution in [0.25, 0.3) is 0 Å². The van der Waals surface area contributed by atoms with E-state index in [1.54, 1.807) is 0 Å². The molecule has 0 spiro atoms. The number of nitrogens with one attached hydrogen (secondary N) is 1. The molecule has 1 aromatic rings. The van der Waals surface area contributed by atoms with E-state index in [9.17, 15) is 0 Å². The molecule has 1 aromatic heterocycles. The molecular formula is C16H26N2O. The molecule has 1 aliphatic carbocycles. The van der Waals surface area contributed by atoms with Gasteiger partial charge in [0.15, 0.2) is 11.6 Å². The van der Waals surface area contributed by atoms with E-state index in [1.807, 2.05) is 32.2 Å². The van der Waals surface area contributed by atoms with E-state index in [2.05, 4.69) is 10.3 Å². The van der Waals surface area contributed by atoms with Crippen LogP contribution in [0.15, 0.2) is 18.3 Å². The summed E-state index contributed by atoms with van der Waals surface area (Å²) < 4.78 is 5.76. The van der Waals surface area contributed by atoms with Crippen LogP contribution in [0.5, 0.6) is 5.75 Å². The molecule has 0 unspecified atom stereocenters. The first-order valence-electron chi connectivity index (χ1n) is 7.61. The second-order valence-electron chi connectivity index (χ2n) is 5.74. The molecular weight excluding hydrogens is 236 g/mol. The highest BCUT2D eigenvalue weighted by Crippen LogP contribution is 2.27. The van der Waals surface area contributed by atoms with Crippen molar-refractivity contribution >= 4 is 5.82 Å². The molecule has 0 radical (unpaired) electrons. The highest BCUT2D eigenvalue weighted by molar-refractivity contribution is 5.49.